The van der Waals surface area contributed by atoms with Crippen LogP contribution >= 0.6 is 15.9 Å². The van der Waals surface area contributed by atoms with Crippen molar-refractivity contribution in [3.8, 4) is 11.4 Å². The van der Waals surface area contributed by atoms with Crippen molar-refractivity contribution in [1.29, 1.82) is 0 Å². The molecule has 0 fully saturated rings. The molecule has 0 spiro atoms. The van der Waals surface area contributed by atoms with Crippen LogP contribution in [0.25, 0.3) is 11.4 Å². The fourth-order valence-electron chi connectivity index (χ4n) is 1.18. The summed E-state index contributed by atoms with van der Waals surface area (Å²) in [7, 11) is 0. The van der Waals surface area contributed by atoms with Crippen LogP contribution in [-0.4, -0.2) is 16.3 Å². The molecule has 0 radical (unpaired) electrons. The molecule has 0 aliphatic rings. The number of halogens is 1. The fourth-order valence-corrected chi connectivity index (χ4v) is 1.52. The fraction of sp³-hybridized carbons (Fsp3) is 0. The van der Waals surface area contributed by atoms with Crippen LogP contribution < -0.4 is 0 Å². The molecule has 2 heterocycles. The number of aldehydes is 1. The third kappa shape index (κ3) is 2.27. The van der Waals surface area contributed by atoms with Gasteiger partial charge in [-0.1, -0.05) is 6.07 Å². The predicted molar refractivity (Wildman–Crippen MR) is 60.6 cm³/mol. The highest BCUT2D eigenvalue weighted by molar-refractivity contribution is 9.10. The summed E-state index contributed by atoms with van der Waals surface area (Å²) < 4.78 is 0.765. The molecule has 74 valence electrons. The lowest BCUT2D eigenvalue weighted by molar-refractivity contribution is 0.112. The summed E-state index contributed by atoms with van der Waals surface area (Å²) in [5.74, 6) is 0. The average molecular weight is 263 g/mol. The molecule has 0 unspecified atom stereocenters. The highest BCUT2D eigenvalue weighted by Gasteiger charge is 2.00. The summed E-state index contributed by atoms with van der Waals surface area (Å²) >= 11 is 3.29. The van der Waals surface area contributed by atoms with E-state index in [1.165, 1.54) is 6.20 Å². The van der Waals surface area contributed by atoms with Gasteiger partial charge in [-0.3, -0.25) is 9.78 Å². The standard InChI is InChI=1S/C11H7BrN2O/c12-11-3-1-2-10(14-11)9-5-4-8(7-15)6-13-9/h1-7H. The highest BCUT2D eigenvalue weighted by Crippen LogP contribution is 2.16. The number of hydrogen-bond acceptors (Lipinski definition) is 3. The largest absolute Gasteiger partial charge is 0.298 e. The van der Waals surface area contributed by atoms with Crippen molar-refractivity contribution in [3.05, 3.63) is 46.7 Å². The van der Waals surface area contributed by atoms with Crippen molar-refractivity contribution < 1.29 is 4.79 Å². The van der Waals surface area contributed by atoms with E-state index in [9.17, 15) is 4.79 Å². The molecule has 0 saturated carbocycles. The molecular weight excluding hydrogens is 256 g/mol. The normalized spacial score (nSPS) is 9.93. The van der Waals surface area contributed by atoms with Crippen LogP contribution in [-0.2, 0) is 0 Å². The molecule has 2 rings (SSSR count). The second kappa shape index (κ2) is 4.31. The Hall–Kier alpha value is -1.55. The predicted octanol–water partition coefficient (Wildman–Crippen LogP) is 2.72. The second-order valence-corrected chi connectivity index (χ2v) is 3.75. The lowest BCUT2D eigenvalue weighted by Gasteiger charge is -1.99. The maximum absolute atomic E-state index is 10.4. The van der Waals surface area contributed by atoms with E-state index in [0.717, 1.165) is 22.3 Å². The smallest absolute Gasteiger partial charge is 0.151 e. The van der Waals surface area contributed by atoms with E-state index in [1.807, 2.05) is 18.2 Å². The number of nitrogens with zero attached hydrogens (tertiary/aromatic N) is 2. The Bertz CT molecular complexity index is 482. The van der Waals surface area contributed by atoms with Crippen molar-refractivity contribution in [2.45, 2.75) is 0 Å². The summed E-state index contributed by atoms with van der Waals surface area (Å²) in [4.78, 5) is 18.9. The topological polar surface area (TPSA) is 42.9 Å². The lowest BCUT2D eigenvalue weighted by Crippen LogP contribution is -1.89. The SMILES string of the molecule is O=Cc1ccc(-c2cccc(Br)n2)nc1. The first-order valence-electron chi connectivity index (χ1n) is 4.34. The van der Waals surface area contributed by atoms with Gasteiger partial charge in [0, 0.05) is 11.8 Å². The van der Waals surface area contributed by atoms with Gasteiger partial charge in [0.25, 0.3) is 0 Å². The molecule has 0 N–H and O–H groups in total. The van der Waals surface area contributed by atoms with Gasteiger partial charge in [0.15, 0.2) is 6.29 Å². The van der Waals surface area contributed by atoms with Crippen LogP contribution in [0.5, 0.6) is 0 Å². The summed E-state index contributed by atoms with van der Waals surface area (Å²) in [6.07, 6.45) is 2.30. The third-order valence-corrected chi connectivity index (χ3v) is 2.34. The molecule has 0 aromatic carbocycles. The molecule has 4 heteroatoms. The molecule has 0 atom stereocenters. The molecule has 0 amide bonds. The minimum absolute atomic E-state index is 0.564. The average Bonchev–Trinajstić information content (AvgIpc) is 2.29. The van der Waals surface area contributed by atoms with Crippen molar-refractivity contribution >= 4 is 22.2 Å². The Morgan fingerprint density at radius 3 is 2.60 bits per heavy atom. The maximum Gasteiger partial charge on any atom is 0.151 e. The van der Waals surface area contributed by atoms with Crippen molar-refractivity contribution in [1.82, 2.24) is 9.97 Å². The van der Waals surface area contributed by atoms with E-state index in [1.54, 1.807) is 12.1 Å². The molecule has 2 aromatic heterocycles. The summed E-state index contributed by atoms with van der Waals surface area (Å²) in [6.45, 7) is 0. The Labute approximate surface area is 95.3 Å². The van der Waals surface area contributed by atoms with Crippen LogP contribution in [0.1, 0.15) is 10.4 Å². The first-order valence-corrected chi connectivity index (χ1v) is 5.13. The molecule has 0 saturated heterocycles. The van der Waals surface area contributed by atoms with Gasteiger partial charge in [-0.15, -0.1) is 0 Å². The summed E-state index contributed by atoms with van der Waals surface area (Å²) in [5, 5.41) is 0. The van der Waals surface area contributed by atoms with E-state index in [4.69, 9.17) is 0 Å². The van der Waals surface area contributed by atoms with Crippen LogP contribution in [0.3, 0.4) is 0 Å². The Morgan fingerprint density at radius 2 is 2.00 bits per heavy atom. The number of rotatable bonds is 2. The number of carbonyl (C=O) groups is 1. The van der Waals surface area contributed by atoms with E-state index in [-0.39, 0.29) is 0 Å². The molecule has 0 aliphatic carbocycles. The quantitative estimate of drug-likeness (QED) is 0.618. The molecule has 2 aromatic rings. The van der Waals surface area contributed by atoms with Gasteiger partial charge in [0.05, 0.1) is 11.4 Å². The van der Waals surface area contributed by atoms with Crippen molar-refractivity contribution in [2.75, 3.05) is 0 Å². The highest BCUT2D eigenvalue weighted by atomic mass is 79.9. The van der Waals surface area contributed by atoms with Gasteiger partial charge in [0.1, 0.15) is 4.60 Å². The molecule has 15 heavy (non-hydrogen) atoms. The van der Waals surface area contributed by atoms with Gasteiger partial charge >= 0.3 is 0 Å². The van der Waals surface area contributed by atoms with E-state index >= 15 is 0 Å². The first-order chi connectivity index (χ1) is 7.29. The summed E-state index contributed by atoms with van der Waals surface area (Å²) in [6, 6.07) is 9.11. The van der Waals surface area contributed by atoms with E-state index in [0.29, 0.717) is 5.56 Å². The second-order valence-electron chi connectivity index (χ2n) is 2.94. The number of pyridine rings is 2. The summed E-state index contributed by atoms with van der Waals surface area (Å²) in [5.41, 5.74) is 2.09. The van der Waals surface area contributed by atoms with Crippen molar-refractivity contribution in [2.24, 2.45) is 0 Å². The third-order valence-electron chi connectivity index (χ3n) is 1.90. The minimum atomic E-state index is 0.564. The van der Waals surface area contributed by atoms with E-state index in [2.05, 4.69) is 25.9 Å². The van der Waals surface area contributed by atoms with Gasteiger partial charge in [-0.05, 0) is 40.2 Å². The van der Waals surface area contributed by atoms with Gasteiger partial charge in [0.2, 0.25) is 0 Å². The van der Waals surface area contributed by atoms with Crippen LogP contribution in [0.4, 0.5) is 0 Å². The number of aromatic nitrogens is 2. The zero-order valence-electron chi connectivity index (χ0n) is 7.72. The molecule has 3 nitrogen and oxygen atoms in total. The maximum atomic E-state index is 10.4. The number of carbonyl (C=O) groups excluding carboxylic acids is 1. The Morgan fingerprint density at radius 1 is 1.13 bits per heavy atom. The Kier molecular flexibility index (Phi) is 2.87. The zero-order chi connectivity index (χ0) is 10.7. The molecular formula is C11H7BrN2O. The van der Waals surface area contributed by atoms with Gasteiger partial charge < -0.3 is 0 Å². The Balaban J connectivity index is 2.41. The van der Waals surface area contributed by atoms with Gasteiger partial charge in [-0.25, -0.2) is 4.98 Å². The van der Waals surface area contributed by atoms with Crippen molar-refractivity contribution in [3.63, 3.8) is 0 Å². The lowest BCUT2D eigenvalue weighted by atomic mass is 10.2. The number of hydrogen-bond donors (Lipinski definition) is 0. The molecule has 0 aliphatic heterocycles. The monoisotopic (exact) mass is 262 g/mol. The van der Waals surface area contributed by atoms with Crippen LogP contribution in [0.15, 0.2) is 41.1 Å². The zero-order valence-corrected chi connectivity index (χ0v) is 9.31. The minimum Gasteiger partial charge on any atom is -0.298 e. The van der Waals surface area contributed by atoms with Crippen LogP contribution in [0.2, 0.25) is 0 Å². The van der Waals surface area contributed by atoms with Gasteiger partial charge in [-0.2, -0.15) is 0 Å². The van der Waals surface area contributed by atoms with E-state index < -0.39 is 0 Å². The molecule has 0 bridgehead atoms. The van der Waals surface area contributed by atoms with Crippen LogP contribution in [0, 0.1) is 0 Å². The first kappa shape index (κ1) is 9.98.